The van der Waals surface area contributed by atoms with E-state index in [9.17, 15) is 0 Å². The van der Waals surface area contributed by atoms with Crippen molar-refractivity contribution in [1.29, 1.82) is 0 Å². The number of fused-ring (bicyclic) bond motifs is 1. The highest BCUT2D eigenvalue weighted by molar-refractivity contribution is 7.80. The van der Waals surface area contributed by atoms with Crippen LogP contribution in [0.3, 0.4) is 0 Å². The van der Waals surface area contributed by atoms with Crippen LogP contribution in [0.2, 0.25) is 0 Å². The fourth-order valence-corrected chi connectivity index (χ4v) is 6.49. The lowest BCUT2D eigenvalue weighted by Crippen LogP contribution is -2.30. The minimum absolute atomic E-state index is 0.153. The van der Waals surface area contributed by atoms with Crippen molar-refractivity contribution in [1.82, 2.24) is 19.9 Å². The number of aryl methyl sites for hydroxylation is 1. The fourth-order valence-electron chi connectivity index (χ4n) is 5.18. The predicted octanol–water partition coefficient (Wildman–Crippen LogP) is 7.76. The molecule has 40 heavy (non-hydrogen) atoms. The Morgan fingerprint density at radius 2 is 1.68 bits per heavy atom. The minimum atomic E-state index is -0.160. The van der Waals surface area contributed by atoms with Gasteiger partial charge in [0.1, 0.15) is 17.5 Å². The fraction of sp³-hybridized carbons (Fsp3) is 0.0938. The Bertz CT molecular complexity index is 1780. The topological polar surface area (TPSA) is 55.2 Å². The molecule has 4 heterocycles. The van der Waals surface area contributed by atoms with E-state index in [4.69, 9.17) is 26.9 Å². The lowest BCUT2D eigenvalue weighted by atomic mass is 10.0. The maximum atomic E-state index is 6.16. The quantitative estimate of drug-likeness (QED) is 0.211. The molecule has 2 atom stereocenters. The molecule has 1 N–H and O–H groups in total. The first-order valence-electron chi connectivity index (χ1n) is 13.0. The molecule has 6 nitrogen and oxygen atoms in total. The second kappa shape index (κ2) is 10.2. The van der Waals surface area contributed by atoms with E-state index in [1.54, 1.807) is 11.3 Å². The molecule has 6 aromatic rings. The zero-order valence-electron chi connectivity index (χ0n) is 21.6. The number of thiocarbonyl (C=S) groups is 1. The summed E-state index contributed by atoms with van der Waals surface area (Å²) in [6, 6.07) is 34.2. The average Bonchev–Trinajstić information content (AvgIpc) is 3.71. The third-order valence-corrected chi connectivity index (χ3v) is 8.46. The van der Waals surface area contributed by atoms with Gasteiger partial charge in [0.15, 0.2) is 10.2 Å². The standard InChI is InChI=1S/C32H25N5OS2/c1-21-9-2-4-13-27(21)38-23-17-15-22(16-18-23)37-30(29(35-31(37)39)25-11-6-7-19-33-25)26-12-8-20-36(26)32-34-24-10-3-5-14-28(24)40-32/h2-20,29-30H,1H3,(H,35,39)/t29-,30-/m1/s1. The van der Waals surface area contributed by atoms with Gasteiger partial charge in [-0.1, -0.05) is 47.7 Å². The van der Waals surface area contributed by atoms with Crippen molar-refractivity contribution in [2.75, 3.05) is 4.90 Å². The maximum Gasteiger partial charge on any atom is 0.194 e. The van der Waals surface area contributed by atoms with Gasteiger partial charge in [-0.15, -0.1) is 0 Å². The number of rotatable bonds is 6. The normalized spacial score (nSPS) is 16.8. The SMILES string of the molecule is Cc1ccccc1Oc1ccc(N2C(=S)N[C@H](c3ccccn3)[C@H]2c2cccn2-c2nc3ccccc3s2)cc1. The lowest BCUT2D eigenvalue weighted by Gasteiger charge is -2.28. The highest BCUT2D eigenvalue weighted by Crippen LogP contribution is 2.43. The summed E-state index contributed by atoms with van der Waals surface area (Å²) in [6.07, 6.45) is 3.89. The van der Waals surface area contributed by atoms with Gasteiger partial charge in [0.25, 0.3) is 0 Å². The first-order valence-corrected chi connectivity index (χ1v) is 14.3. The summed E-state index contributed by atoms with van der Waals surface area (Å²) < 4.78 is 9.48. The molecule has 0 saturated carbocycles. The Balaban J connectivity index is 1.29. The molecule has 0 amide bonds. The average molecular weight is 560 g/mol. The number of para-hydroxylation sites is 2. The number of thiazole rings is 1. The van der Waals surface area contributed by atoms with Crippen LogP contribution in [0, 0.1) is 6.92 Å². The van der Waals surface area contributed by atoms with Crippen LogP contribution in [0.25, 0.3) is 15.3 Å². The smallest absolute Gasteiger partial charge is 0.194 e. The molecule has 0 radical (unpaired) electrons. The summed E-state index contributed by atoms with van der Waals surface area (Å²) in [6.45, 7) is 2.04. The third-order valence-electron chi connectivity index (χ3n) is 7.11. The van der Waals surface area contributed by atoms with Crippen molar-refractivity contribution in [3.8, 4) is 16.6 Å². The zero-order chi connectivity index (χ0) is 27.1. The summed E-state index contributed by atoms with van der Waals surface area (Å²) in [7, 11) is 0. The van der Waals surface area contributed by atoms with Crippen LogP contribution in [0.5, 0.6) is 11.5 Å². The van der Waals surface area contributed by atoms with Crippen LogP contribution < -0.4 is 15.0 Å². The molecule has 0 aliphatic carbocycles. The summed E-state index contributed by atoms with van der Waals surface area (Å²) in [4.78, 5) is 11.8. The number of pyridine rings is 1. The van der Waals surface area contributed by atoms with E-state index in [-0.39, 0.29) is 12.1 Å². The molecule has 1 aliphatic heterocycles. The summed E-state index contributed by atoms with van der Waals surface area (Å²) in [5.41, 5.74) is 5.04. The Kier molecular flexibility index (Phi) is 6.26. The van der Waals surface area contributed by atoms with E-state index < -0.39 is 0 Å². The third kappa shape index (κ3) is 4.41. The maximum absolute atomic E-state index is 6.16. The van der Waals surface area contributed by atoms with Gasteiger partial charge in [-0.3, -0.25) is 9.55 Å². The molecule has 1 fully saturated rings. The van der Waals surface area contributed by atoms with E-state index in [0.29, 0.717) is 5.11 Å². The van der Waals surface area contributed by atoms with Gasteiger partial charge in [-0.25, -0.2) is 4.98 Å². The first-order chi connectivity index (χ1) is 19.7. The van der Waals surface area contributed by atoms with Crippen LogP contribution in [-0.4, -0.2) is 19.6 Å². The van der Waals surface area contributed by atoms with Crippen molar-refractivity contribution in [3.63, 3.8) is 0 Å². The number of anilines is 1. The molecular weight excluding hydrogens is 535 g/mol. The number of benzene rings is 3. The van der Waals surface area contributed by atoms with Crippen molar-refractivity contribution in [2.24, 2.45) is 0 Å². The Labute approximate surface area is 241 Å². The van der Waals surface area contributed by atoms with Gasteiger partial charge in [0, 0.05) is 18.1 Å². The van der Waals surface area contributed by atoms with Crippen LogP contribution in [0.4, 0.5) is 5.69 Å². The molecule has 1 saturated heterocycles. The van der Waals surface area contributed by atoms with E-state index in [0.717, 1.165) is 49.5 Å². The van der Waals surface area contributed by atoms with Gasteiger partial charge in [0.2, 0.25) is 0 Å². The number of nitrogens with one attached hydrogen (secondary N) is 1. The molecule has 3 aromatic carbocycles. The Morgan fingerprint density at radius 1 is 0.875 bits per heavy atom. The van der Waals surface area contributed by atoms with Gasteiger partial charge in [-0.05, 0) is 91.4 Å². The Hall–Kier alpha value is -4.53. The van der Waals surface area contributed by atoms with Crippen molar-refractivity contribution < 1.29 is 4.74 Å². The number of nitrogens with zero attached hydrogens (tertiary/aromatic N) is 4. The van der Waals surface area contributed by atoms with E-state index >= 15 is 0 Å². The van der Waals surface area contributed by atoms with Crippen LogP contribution in [0.1, 0.15) is 29.0 Å². The van der Waals surface area contributed by atoms with E-state index in [1.807, 2.05) is 85.9 Å². The van der Waals surface area contributed by atoms with Crippen molar-refractivity contribution >= 4 is 44.6 Å². The molecule has 0 unspecified atom stereocenters. The number of aromatic nitrogens is 3. The first kappa shape index (κ1) is 24.5. The number of hydrogen-bond donors (Lipinski definition) is 1. The molecule has 0 bridgehead atoms. The van der Waals surface area contributed by atoms with E-state index in [1.165, 1.54) is 0 Å². The van der Waals surface area contributed by atoms with Gasteiger partial charge in [0.05, 0.1) is 27.6 Å². The van der Waals surface area contributed by atoms with Gasteiger partial charge in [-0.2, -0.15) is 0 Å². The molecule has 8 heteroatoms. The van der Waals surface area contributed by atoms with Crippen molar-refractivity contribution in [3.05, 3.63) is 132 Å². The summed E-state index contributed by atoms with van der Waals surface area (Å²) in [5.74, 6) is 1.61. The number of ether oxygens (including phenoxy) is 1. The highest BCUT2D eigenvalue weighted by atomic mass is 32.1. The van der Waals surface area contributed by atoms with Crippen molar-refractivity contribution in [2.45, 2.75) is 19.0 Å². The predicted molar refractivity (Wildman–Crippen MR) is 165 cm³/mol. The summed E-state index contributed by atoms with van der Waals surface area (Å²) >= 11 is 7.63. The molecule has 1 aliphatic rings. The Morgan fingerprint density at radius 3 is 2.48 bits per heavy atom. The second-order valence-electron chi connectivity index (χ2n) is 9.63. The second-order valence-corrected chi connectivity index (χ2v) is 11.0. The molecular formula is C32H25N5OS2. The summed E-state index contributed by atoms with van der Waals surface area (Å²) in [5, 5.41) is 5.12. The van der Waals surface area contributed by atoms with E-state index in [2.05, 4.69) is 51.3 Å². The van der Waals surface area contributed by atoms with Crippen LogP contribution in [0.15, 0.2) is 116 Å². The molecule has 196 valence electrons. The highest BCUT2D eigenvalue weighted by Gasteiger charge is 2.42. The van der Waals surface area contributed by atoms with Gasteiger partial charge >= 0.3 is 0 Å². The molecule has 3 aromatic heterocycles. The lowest BCUT2D eigenvalue weighted by molar-refractivity contribution is 0.479. The minimum Gasteiger partial charge on any atom is -0.457 e. The number of hydrogen-bond acceptors (Lipinski definition) is 5. The van der Waals surface area contributed by atoms with Crippen LogP contribution in [-0.2, 0) is 0 Å². The zero-order valence-corrected chi connectivity index (χ0v) is 23.3. The van der Waals surface area contributed by atoms with Crippen LogP contribution >= 0.6 is 23.6 Å². The molecule has 0 spiro atoms. The molecule has 7 rings (SSSR count). The van der Waals surface area contributed by atoms with Gasteiger partial charge < -0.3 is 15.0 Å². The monoisotopic (exact) mass is 559 g/mol. The largest absolute Gasteiger partial charge is 0.457 e.